The van der Waals surface area contributed by atoms with Gasteiger partial charge in [0.25, 0.3) is 5.91 Å². The molecule has 0 aliphatic carbocycles. The van der Waals surface area contributed by atoms with Gasteiger partial charge in [-0.15, -0.1) is 0 Å². The summed E-state index contributed by atoms with van der Waals surface area (Å²) in [7, 11) is 0. The molecular weight excluding hydrogens is 353 g/mol. The van der Waals surface area contributed by atoms with Gasteiger partial charge in [-0.3, -0.25) is 9.59 Å². The SMILES string of the molecule is CCSCCC(=O)N1CCN(C(=O)c2ccccc2C(F)(F)F)CC1. The van der Waals surface area contributed by atoms with Crippen LogP contribution in [0, 0.1) is 0 Å². The number of thioether (sulfide) groups is 1. The van der Waals surface area contributed by atoms with E-state index in [1.165, 1.54) is 23.1 Å². The molecule has 2 rings (SSSR count). The minimum atomic E-state index is -4.57. The summed E-state index contributed by atoms with van der Waals surface area (Å²) in [4.78, 5) is 27.6. The fourth-order valence-corrected chi connectivity index (χ4v) is 3.32. The average molecular weight is 374 g/mol. The number of hydrogen-bond donors (Lipinski definition) is 0. The molecule has 0 bridgehead atoms. The second-order valence-corrected chi connectivity index (χ2v) is 7.06. The number of amides is 2. The topological polar surface area (TPSA) is 40.6 Å². The normalized spacial score (nSPS) is 15.4. The van der Waals surface area contributed by atoms with Crippen molar-refractivity contribution in [2.24, 2.45) is 0 Å². The van der Waals surface area contributed by atoms with Crippen LogP contribution in [0.4, 0.5) is 13.2 Å². The summed E-state index contributed by atoms with van der Waals surface area (Å²) in [5.41, 5.74) is -1.26. The van der Waals surface area contributed by atoms with Gasteiger partial charge in [0.1, 0.15) is 0 Å². The molecule has 0 aromatic heterocycles. The lowest BCUT2D eigenvalue weighted by molar-refractivity contribution is -0.138. The van der Waals surface area contributed by atoms with Crippen LogP contribution in [0.25, 0.3) is 0 Å². The van der Waals surface area contributed by atoms with Gasteiger partial charge >= 0.3 is 6.18 Å². The maximum atomic E-state index is 13.1. The van der Waals surface area contributed by atoms with Crippen molar-refractivity contribution in [1.82, 2.24) is 9.80 Å². The molecule has 0 atom stereocenters. The summed E-state index contributed by atoms with van der Waals surface area (Å²) >= 11 is 1.69. The quantitative estimate of drug-likeness (QED) is 0.744. The number of benzene rings is 1. The number of carbonyl (C=O) groups excluding carboxylic acids is 2. The number of hydrogen-bond acceptors (Lipinski definition) is 3. The molecule has 0 saturated carbocycles. The number of halogens is 3. The van der Waals surface area contributed by atoms with Crippen LogP contribution in [0.15, 0.2) is 24.3 Å². The van der Waals surface area contributed by atoms with Gasteiger partial charge in [-0.2, -0.15) is 24.9 Å². The van der Waals surface area contributed by atoms with Crippen LogP contribution in [-0.2, 0) is 11.0 Å². The van der Waals surface area contributed by atoms with Crippen molar-refractivity contribution in [2.75, 3.05) is 37.7 Å². The zero-order chi connectivity index (χ0) is 18.4. The Hall–Kier alpha value is -1.70. The molecule has 25 heavy (non-hydrogen) atoms. The van der Waals surface area contributed by atoms with E-state index in [9.17, 15) is 22.8 Å². The first kappa shape index (κ1) is 19.6. The van der Waals surface area contributed by atoms with Crippen LogP contribution in [0.1, 0.15) is 29.3 Å². The monoisotopic (exact) mass is 374 g/mol. The van der Waals surface area contributed by atoms with Crippen LogP contribution in [0.3, 0.4) is 0 Å². The van der Waals surface area contributed by atoms with Crippen molar-refractivity contribution in [2.45, 2.75) is 19.5 Å². The summed E-state index contributed by atoms with van der Waals surface area (Å²) in [6.07, 6.45) is -4.12. The van der Waals surface area contributed by atoms with E-state index >= 15 is 0 Å². The summed E-state index contributed by atoms with van der Waals surface area (Å²) < 4.78 is 39.2. The molecule has 1 heterocycles. The van der Waals surface area contributed by atoms with Gasteiger partial charge in [-0.05, 0) is 17.9 Å². The first-order chi connectivity index (χ1) is 11.8. The Morgan fingerprint density at radius 2 is 1.68 bits per heavy atom. The molecule has 0 unspecified atom stereocenters. The van der Waals surface area contributed by atoms with Gasteiger partial charge < -0.3 is 9.80 Å². The Labute approximate surface area is 149 Å². The highest BCUT2D eigenvalue weighted by Gasteiger charge is 2.36. The molecule has 0 spiro atoms. The Balaban J connectivity index is 1.97. The largest absolute Gasteiger partial charge is 0.417 e. The third kappa shape index (κ3) is 5.14. The molecule has 1 fully saturated rings. The van der Waals surface area contributed by atoms with Crippen molar-refractivity contribution in [3.63, 3.8) is 0 Å². The van der Waals surface area contributed by atoms with Gasteiger partial charge in [-0.1, -0.05) is 19.1 Å². The van der Waals surface area contributed by atoms with E-state index in [1.807, 2.05) is 6.92 Å². The molecule has 0 radical (unpaired) electrons. The number of nitrogens with zero attached hydrogens (tertiary/aromatic N) is 2. The Morgan fingerprint density at radius 1 is 1.08 bits per heavy atom. The Bertz CT molecular complexity index is 614. The molecule has 138 valence electrons. The predicted octanol–water partition coefficient (Wildman–Crippen LogP) is 3.13. The first-order valence-corrected chi connectivity index (χ1v) is 9.31. The molecule has 1 aromatic rings. The molecule has 4 nitrogen and oxygen atoms in total. The van der Waals surface area contributed by atoms with Crippen LogP contribution < -0.4 is 0 Å². The van der Waals surface area contributed by atoms with Gasteiger partial charge in [0.05, 0.1) is 11.1 Å². The minimum Gasteiger partial charge on any atom is -0.339 e. The maximum Gasteiger partial charge on any atom is 0.417 e. The second kappa shape index (κ2) is 8.60. The smallest absolute Gasteiger partial charge is 0.339 e. The highest BCUT2D eigenvalue weighted by molar-refractivity contribution is 7.99. The van der Waals surface area contributed by atoms with Crippen molar-refractivity contribution in [3.8, 4) is 0 Å². The summed E-state index contributed by atoms with van der Waals surface area (Å²) in [6.45, 7) is 3.23. The van der Waals surface area contributed by atoms with Gasteiger partial charge in [0, 0.05) is 38.4 Å². The summed E-state index contributed by atoms with van der Waals surface area (Å²) in [5, 5.41) is 0. The molecule has 8 heteroatoms. The van der Waals surface area contributed by atoms with Crippen molar-refractivity contribution in [3.05, 3.63) is 35.4 Å². The van der Waals surface area contributed by atoms with E-state index in [-0.39, 0.29) is 24.6 Å². The second-order valence-electron chi connectivity index (χ2n) is 5.66. The molecule has 1 aliphatic heterocycles. The van der Waals surface area contributed by atoms with Crippen molar-refractivity contribution >= 4 is 23.6 Å². The lowest BCUT2D eigenvalue weighted by Crippen LogP contribution is -2.50. The molecule has 1 aromatic carbocycles. The van der Waals surface area contributed by atoms with E-state index in [2.05, 4.69) is 0 Å². The van der Waals surface area contributed by atoms with E-state index in [0.29, 0.717) is 19.5 Å². The number of piperazine rings is 1. The molecular formula is C17H21F3N2O2S. The van der Waals surface area contributed by atoms with E-state index in [1.54, 1.807) is 16.7 Å². The standard InChI is InChI=1S/C17H21F3N2O2S/c1-2-25-12-7-15(23)21-8-10-22(11-9-21)16(24)13-5-3-4-6-14(13)17(18,19)20/h3-6H,2,7-12H2,1H3. The molecule has 1 saturated heterocycles. The number of alkyl halides is 3. The highest BCUT2D eigenvalue weighted by atomic mass is 32.2. The molecule has 1 aliphatic rings. The summed E-state index contributed by atoms with van der Waals surface area (Å²) in [5.74, 6) is 1.10. The van der Waals surface area contributed by atoms with E-state index in [0.717, 1.165) is 17.6 Å². The van der Waals surface area contributed by atoms with Gasteiger partial charge in [0.2, 0.25) is 5.91 Å². The zero-order valence-corrected chi connectivity index (χ0v) is 14.8. The van der Waals surface area contributed by atoms with Crippen LogP contribution in [-0.4, -0.2) is 59.3 Å². The molecule has 2 amide bonds. The van der Waals surface area contributed by atoms with Crippen LogP contribution in [0.2, 0.25) is 0 Å². The van der Waals surface area contributed by atoms with Gasteiger partial charge in [-0.25, -0.2) is 0 Å². The highest BCUT2D eigenvalue weighted by Crippen LogP contribution is 2.32. The fourth-order valence-electron chi connectivity index (χ4n) is 2.71. The van der Waals surface area contributed by atoms with Crippen molar-refractivity contribution < 1.29 is 22.8 Å². The van der Waals surface area contributed by atoms with Crippen molar-refractivity contribution in [1.29, 1.82) is 0 Å². The maximum absolute atomic E-state index is 13.1. The summed E-state index contributed by atoms with van der Waals surface area (Å²) in [6, 6.07) is 4.81. The Morgan fingerprint density at radius 3 is 2.28 bits per heavy atom. The van der Waals surface area contributed by atoms with Crippen LogP contribution in [0.5, 0.6) is 0 Å². The fraction of sp³-hybridized carbons (Fsp3) is 0.529. The third-order valence-electron chi connectivity index (χ3n) is 4.05. The average Bonchev–Trinajstić information content (AvgIpc) is 2.60. The Kier molecular flexibility index (Phi) is 6.75. The minimum absolute atomic E-state index is 0.0312. The van der Waals surface area contributed by atoms with Crippen LogP contribution >= 0.6 is 11.8 Å². The third-order valence-corrected chi connectivity index (χ3v) is 4.95. The number of rotatable bonds is 5. The lowest BCUT2D eigenvalue weighted by atomic mass is 10.1. The number of carbonyl (C=O) groups is 2. The van der Waals surface area contributed by atoms with Gasteiger partial charge in [0.15, 0.2) is 0 Å². The predicted molar refractivity (Wildman–Crippen MR) is 91.5 cm³/mol. The van der Waals surface area contributed by atoms with E-state index < -0.39 is 17.6 Å². The zero-order valence-electron chi connectivity index (χ0n) is 14.0. The lowest BCUT2D eigenvalue weighted by Gasteiger charge is -2.35. The van der Waals surface area contributed by atoms with E-state index in [4.69, 9.17) is 0 Å². The molecule has 0 N–H and O–H groups in total. The first-order valence-electron chi connectivity index (χ1n) is 8.15.